The largest absolute Gasteiger partial charge is 0.472 e. The summed E-state index contributed by atoms with van der Waals surface area (Å²) in [6.45, 7) is 4.62. The van der Waals surface area contributed by atoms with Crippen molar-refractivity contribution in [2.45, 2.75) is 354 Å². The molecule has 0 saturated heterocycles. The molecule has 0 spiro atoms. The van der Waals surface area contributed by atoms with Gasteiger partial charge in [0.1, 0.15) is 19.3 Å². The molecule has 5 unspecified atom stereocenters. The monoisotopic (exact) mass is 1450 g/mol. The Labute approximate surface area is 607 Å². The van der Waals surface area contributed by atoms with Crippen LogP contribution in [0.25, 0.3) is 0 Å². The minimum atomic E-state index is -4.98. The summed E-state index contributed by atoms with van der Waals surface area (Å²) in [5, 5.41) is 10.6. The Bertz CT molecular complexity index is 2270. The molecular formula is C81H142O17P2. The van der Waals surface area contributed by atoms with Crippen molar-refractivity contribution in [3.05, 3.63) is 97.2 Å². The molecule has 17 nitrogen and oxygen atoms in total. The third-order valence-electron chi connectivity index (χ3n) is 16.5. The van der Waals surface area contributed by atoms with Gasteiger partial charge in [0, 0.05) is 25.7 Å². The van der Waals surface area contributed by atoms with Gasteiger partial charge in [0.2, 0.25) is 0 Å². The van der Waals surface area contributed by atoms with Crippen molar-refractivity contribution in [2.75, 3.05) is 39.6 Å². The Morgan fingerprint density at radius 3 is 0.820 bits per heavy atom. The highest BCUT2D eigenvalue weighted by molar-refractivity contribution is 7.47. The van der Waals surface area contributed by atoms with Crippen LogP contribution in [0.3, 0.4) is 0 Å². The highest BCUT2D eigenvalue weighted by atomic mass is 31.2. The number of unbranched alkanes of at least 4 members (excludes halogenated alkanes) is 32. The van der Waals surface area contributed by atoms with Crippen LogP contribution in [0, 0.1) is 0 Å². The average Bonchev–Trinajstić information content (AvgIpc) is 0.965. The third-order valence-corrected chi connectivity index (χ3v) is 18.4. The fourth-order valence-corrected chi connectivity index (χ4v) is 12.1. The van der Waals surface area contributed by atoms with Crippen LogP contribution in [0.1, 0.15) is 336 Å². The minimum Gasteiger partial charge on any atom is -0.462 e. The number of aliphatic hydroxyl groups excluding tert-OH is 1. The lowest BCUT2D eigenvalue weighted by Gasteiger charge is -2.21. The van der Waals surface area contributed by atoms with E-state index in [1.54, 1.807) is 0 Å². The van der Waals surface area contributed by atoms with E-state index in [9.17, 15) is 43.2 Å². The lowest BCUT2D eigenvalue weighted by molar-refractivity contribution is -0.161. The molecule has 578 valence electrons. The summed E-state index contributed by atoms with van der Waals surface area (Å²) in [6.07, 6.45) is 76.7. The van der Waals surface area contributed by atoms with E-state index < -0.39 is 97.5 Å². The van der Waals surface area contributed by atoms with Crippen molar-refractivity contribution in [1.29, 1.82) is 0 Å². The molecule has 100 heavy (non-hydrogen) atoms. The van der Waals surface area contributed by atoms with Crippen LogP contribution in [0.15, 0.2) is 97.2 Å². The SMILES string of the molecule is CC/C=C\C/C=C\C/C=C\CCCCCCCCCC(=O)OCC(COP(=O)(O)OCC(O)COP(=O)(O)OCC(COC(=O)CCCCCCC/C=C\C/C=C\C/C=C\CC)OC(=O)CCCCCCC/C=C\CCCCCCCC)OC(=O)CCCCCCC/C=C\CCCCCC. The Hall–Kier alpha value is -4.02. The predicted octanol–water partition coefficient (Wildman–Crippen LogP) is 22.8. The van der Waals surface area contributed by atoms with Gasteiger partial charge in [-0.05, 0) is 141 Å². The van der Waals surface area contributed by atoms with Gasteiger partial charge in [0.25, 0.3) is 0 Å². The number of hydrogen-bond donors (Lipinski definition) is 3. The van der Waals surface area contributed by atoms with Gasteiger partial charge >= 0.3 is 39.5 Å². The second kappa shape index (κ2) is 73.3. The van der Waals surface area contributed by atoms with Crippen LogP contribution < -0.4 is 0 Å². The van der Waals surface area contributed by atoms with E-state index in [4.69, 9.17) is 37.0 Å². The molecule has 0 amide bonds. The lowest BCUT2D eigenvalue weighted by atomic mass is 10.1. The number of esters is 4. The summed E-state index contributed by atoms with van der Waals surface area (Å²) in [7, 11) is -9.96. The van der Waals surface area contributed by atoms with Crippen LogP contribution >= 0.6 is 15.6 Å². The number of phosphoric acid groups is 2. The Kier molecular flexibility index (Phi) is 70.4. The van der Waals surface area contributed by atoms with Gasteiger partial charge in [-0.15, -0.1) is 0 Å². The summed E-state index contributed by atoms with van der Waals surface area (Å²) in [5.74, 6) is -2.21. The maximum absolute atomic E-state index is 13.1. The molecule has 0 aliphatic carbocycles. The third kappa shape index (κ3) is 72.3. The molecule has 0 radical (unpaired) electrons. The maximum Gasteiger partial charge on any atom is 0.472 e. The number of aliphatic hydroxyl groups is 1. The smallest absolute Gasteiger partial charge is 0.462 e. The van der Waals surface area contributed by atoms with Crippen LogP contribution in [-0.2, 0) is 65.4 Å². The van der Waals surface area contributed by atoms with Crippen molar-refractivity contribution < 1.29 is 80.2 Å². The summed E-state index contributed by atoms with van der Waals surface area (Å²) in [6, 6.07) is 0. The second-order valence-electron chi connectivity index (χ2n) is 26.2. The molecule has 19 heteroatoms. The number of allylic oxidation sites excluding steroid dienone is 16. The molecule has 5 atom stereocenters. The van der Waals surface area contributed by atoms with Gasteiger partial charge in [-0.1, -0.05) is 266 Å². The van der Waals surface area contributed by atoms with Crippen LogP contribution in [0.2, 0.25) is 0 Å². The first-order valence-corrected chi connectivity index (χ1v) is 42.5. The van der Waals surface area contributed by atoms with Gasteiger partial charge in [0.15, 0.2) is 12.2 Å². The molecule has 0 saturated carbocycles. The van der Waals surface area contributed by atoms with Gasteiger partial charge in [-0.2, -0.15) is 0 Å². The van der Waals surface area contributed by atoms with E-state index in [1.807, 2.05) is 0 Å². The van der Waals surface area contributed by atoms with Gasteiger partial charge in [-0.25, -0.2) is 9.13 Å². The van der Waals surface area contributed by atoms with Gasteiger partial charge < -0.3 is 33.8 Å². The van der Waals surface area contributed by atoms with Crippen molar-refractivity contribution in [3.8, 4) is 0 Å². The number of hydrogen-bond acceptors (Lipinski definition) is 15. The van der Waals surface area contributed by atoms with E-state index >= 15 is 0 Å². The zero-order valence-electron chi connectivity index (χ0n) is 63.1. The first-order chi connectivity index (χ1) is 48.7. The van der Waals surface area contributed by atoms with Crippen molar-refractivity contribution in [2.24, 2.45) is 0 Å². The second-order valence-corrected chi connectivity index (χ2v) is 29.1. The van der Waals surface area contributed by atoms with E-state index in [0.717, 1.165) is 193 Å². The van der Waals surface area contributed by atoms with Crippen molar-refractivity contribution in [1.82, 2.24) is 0 Å². The highest BCUT2D eigenvalue weighted by Gasteiger charge is 2.30. The van der Waals surface area contributed by atoms with Crippen LogP contribution in [0.4, 0.5) is 0 Å². The first kappa shape index (κ1) is 96.0. The normalized spacial score (nSPS) is 14.4. The van der Waals surface area contributed by atoms with Crippen LogP contribution in [0.5, 0.6) is 0 Å². The maximum atomic E-state index is 13.1. The van der Waals surface area contributed by atoms with E-state index in [-0.39, 0.29) is 25.7 Å². The highest BCUT2D eigenvalue weighted by Crippen LogP contribution is 2.45. The van der Waals surface area contributed by atoms with Crippen LogP contribution in [-0.4, -0.2) is 96.7 Å². The Morgan fingerprint density at radius 2 is 0.520 bits per heavy atom. The Balaban J connectivity index is 5.36. The quantitative estimate of drug-likeness (QED) is 0.0169. The topological polar surface area (TPSA) is 237 Å². The molecule has 0 heterocycles. The lowest BCUT2D eigenvalue weighted by Crippen LogP contribution is -2.30. The molecule has 0 rings (SSSR count). The molecule has 3 N–H and O–H groups in total. The molecule has 0 bridgehead atoms. The number of phosphoric ester groups is 2. The molecule has 0 aromatic carbocycles. The Morgan fingerprint density at radius 1 is 0.290 bits per heavy atom. The fourth-order valence-electron chi connectivity index (χ4n) is 10.5. The van der Waals surface area contributed by atoms with Crippen molar-refractivity contribution >= 4 is 39.5 Å². The zero-order chi connectivity index (χ0) is 73.2. The van der Waals surface area contributed by atoms with E-state index in [1.165, 1.54) is 64.2 Å². The average molecular weight is 1450 g/mol. The molecule has 0 aromatic rings. The van der Waals surface area contributed by atoms with Crippen molar-refractivity contribution in [3.63, 3.8) is 0 Å². The fraction of sp³-hybridized carbons (Fsp3) is 0.753. The molecule has 0 fully saturated rings. The van der Waals surface area contributed by atoms with Gasteiger partial charge in [-0.3, -0.25) is 37.3 Å². The molecule has 0 aliphatic heterocycles. The number of carbonyl (C=O) groups is 4. The molecular weight excluding hydrogens is 1310 g/mol. The summed E-state index contributed by atoms with van der Waals surface area (Å²) in [5.41, 5.74) is 0. The number of ether oxygens (including phenoxy) is 4. The number of rotatable bonds is 74. The van der Waals surface area contributed by atoms with E-state index in [0.29, 0.717) is 25.7 Å². The van der Waals surface area contributed by atoms with E-state index in [2.05, 4.69) is 125 Å². The summed E-state index contributed by atoms with van der Waals surface area (Å²) in [4.78, 5) is 72.9. The number of carbonyl (C=O) groups excluding carboxylic acids is 4. The molecule has 0 aliphatic rings. The summed E-state index contributed by atoms with van der Waals surface area (Å²) >= 11 is 0. The minimum absolute atomic E-state index is 0.0817. The zero-order valence-corrected chi connectivity index (χ0v) is 64.9. The summed E-state index contributed by atoms with van der Waals surface area (Å²) < 4.78 is 68.5. The first-order valence-electron chi connectivity index (χ1n) is 39.5. The molecule has 0 aromatic heterocycles. The van der Waals surface area contributed by atoms with Gasteiger partial charge in [0.05, 0.1) is 26.4 Å². The predicted molar refractivity (Wildman–Crippen MR) is 409 cm³/mol. The standard InChI is InChI=1S/C81H142O17P2/c1-5-9-13-17-21-25-29-33-36-37-40-43-46-50-54-58-62-66-79(84)92-71-76(97-80(85)67-63-59-55-51-47-41-32-28-24-20-16-12-8-4)73-95-99(87,88)93-69-75(82)70-94-100(89,90)96-74-77(98-81(86)68-64-60-56-52-48-44-39-35-31-27-23-19-15-11-7-3)72-91-78(83)65-61-57-53-49-45-42-38-34-30-26-22-18-14-10-6-2/h9-10,13-14,21-22,25-26,28,32-36,38-39,75-77,82H,5-8,11-12,15-20,23-24,27,29-31,37,40-74H2,1-4H3,(H,87,88)(H,89,90)/b13-9-,14-10-,25-21-,26-22-,32-28-,36-33-,38-34-,39-35-.